The summed E-state index contributed by atoms with van der Waals surface area (Å²) in [6.45, 7) is -0.451. The summed E-state index contributed by atoms with van der Waals surface area (Å²) < 4.78 is 5.62. The number of rotatable bonds is 8. The second kappa shape index (κ2) is 8.82. The average molecular weight is 444 g/mol. The number of hydrogen-bond acceptors (Lipinski definition) is 7. The van der Waals surface area contributed by atoms with Crippen LogP contribution in [0.2, 0.25) is 0 Å². The lowest BCUT2D eigenvalue weighted by atomic mass is 10.0. The Bertz CT molecular complexity index is 743. The molecule has 0 saturated carbocycles. The van der Waals surface area contributed by atoms with Crippen LogP contribution >= 0.6 is 15.9 Å². The van der Waals surface area contributed by atoms with Gasteiger partial charge in [0.15, 0.2) is 6.10 Å². The Morgan fingerprint density at radius 2 is 2.00 bits per heavy atom. The van der Waals surface area contributed by atoms with Crippen molar-refractivity contribution in [2.75, 3.05) is 6.54 Å². The summed E-state index contributed by atoms with van der Waals surface area (Å²) in [5, 5.41) is 22.2. The van der Waals surface area contributed by atoms with Crippen LogP contribution in [-0.2, 0) is 25.8 Å². The normalized spacial score (nSPS) is 18.0. The van der Waals surface area contributed by atoms with Crippen molar-refractivity contribution in [1.82, 2.24) is 4.90 Å². The molecule has 146 valence electrons. The first-order valence-corrected chi connectivity index (χ1v) is 8.62. The Hall–Kier alpha value is -2.66. The van der Waals surface area contributed by atoms with E-state index >= 15 is 0 Å². The van der Waals surface area contributed by atoms with Gasteiger partial charge >= 0.3 is 18.0 Å². The predicted molar refractivity (Wildman–Crippen MR) is 96.0 cm³/mol. The number of hydrogen-bond donors (Lipinski definition) is 3. The Balaban J connectivity index is 2.20. The van der Waals surface area contributed by atoms with Crippen molar-refractivity contribution in [3.8, 4) is 0 Å². The van der Waals surface area contributed by atoms with Crippen molar-refractivity contribution in [2.45, 2.75) is 31.2 Å². The standard InChI is InChI=1S/C16H18BrN3O7/c17-12-6-11(27-19-12)8-20(16(18,14(23)24)7-13(21)22)15(25)26-9-10-4-2-1-3-5-10/h1-5,11H,6-9,18H2,(H,21,22)(H,23,24)/t11?,16-/m0/s1. The van der Waals surface area contributed by atoms with Gasteiger partial charge in [0.05, 0.1) is 13.0 Å². The quantitative estimate of drug-likeness (QED) is 0.508. The monoisotopic (exact) mass is 443 g/mol. The molecule has 27 heavy (non-hydrogen) atoms. The highest BCUT2D eigenvalue weighted by molar-refractivity contribution is 9.18. The summed E-state index contributed by atoms with van der Waals surface area (Å²) >= 11 is 3.14. The molecule has 1 aliphatic heterocycles. The molecule has 1 amide bonds. The Morgan fingerprint density at radius 1 is 1.33 bits per heavy atom. The summed E-state index contributed by atoms with van der Waals surface area (Å²) in [6.07, 6.45) is -2.51. The number of aliphatic carboxylic acids is 2. The third kappa shape index (κ3) is 5.41. The SMILES string of the molecule is N[C@](CC(=O)O)(C(=O)O)N(CC1CC(Br)=NO1)C(=O)OCc1ccccc1. The number of nitrogens with zero attached hydrogens (tertiary/aromatic N) is 2. The van der Waals surface area contributed by atoms with Crippen LogP contribution in [0, 0.1) is 0 Å². The number of amides is 1. The van der Waals surface area contributed by atoms with Crippen molar-refractivity contribution in [3.63, 3.8) is 0 Å². The number of carboxylic acid groups (broad SMARTS) is 2. The average Bonchev–Trinajstić information content (AvgIpc) is 3.02. The molecule has 2 atom stereocenters. The molecule has 0 aromatic heterocycles. The van der Waals surface area contributed by atoms with Crippen molar-refractivity contribution < 1.29 is 34.2 Å². The van der Waals surface area contributed by atoms with E-state index in [1.165, 1.54) is 0 Å². The van der Waals surface area contributed by atoms with E-state index in [9.17, 15) is 19.5 Å². The van der Waals surface area contributed by atoms with Crippen molar-refractivity contribution >= 4 is 38.6 Å². The maximum Gasteiger partial charge on any atom is 0.412 e. The third-order valence-corrected chi connectivity index (χ3v) is 4.25. The highest BCUT2D eigenvalue weighted by Gasteiger charge is 2.47. The summed E-state index contributed by atoms with van der Waals surface area (Å²) in [6, 6.07) is 8.71. The van der Waals surface area contributed by atoms with Crippen LogP contribution in [0.4, 0.5) is 4.79 Å². The molecular formula is C16H18BrN3O7. The number of benzene rings is 1. The van der Waals surface area contributed by atoms with Gasteiger partial charge in [0.25, 0.3) is 0 Å². The molecule has 1 heterocycles. The Labute approximate surface area is 162 Å². The molecule has 0 spiro atoms. The minimum atomic E-state index is -2.52. The molecule has 0 saturated heterocycles. The molecule has 4 N–H and O–H groups in total. The van der Waals surface area contributed by atoms with Gasteiger partial charge in [0.2, 0.25) is 5.66 Å². The van der Waals surface area contributed by atoms with Crippen LogP contribution < -0.4 is 5.73 Å². The van der Waals surface area contributed by atoms with Crippen LogP contribution in [0.5, 0.6) is 0 Å². The van der Waals surface area contributed by atoms with E-state index in [0.29, 0.717) is 15.1 Å². The molecule has 0 fully saturated rings. The first kappa shape index (κ1) is 20.6. The first-order valence-electron chi connectivity index (χ1n) is 7.83. The molecule has 0 radical (unpaired) electrons. The van der Waals surface area contributed by atoms with Gasteiger partial charge in [-0.05, 0) is 21.5 Å². The number of nitrogens with two attached hydrogens (primary N) is 1. The van der Waals surface area contributed by atoms with Gasteiger partial charge in [-0.1, -0.05) is 35.5 Å². The number of carbonyl (C=O) groups excluding carboxylic acids is 1. The Morgan fingerprint density at radius 3 is 2.52 bits per heavy atom. The van der Waals surface area contributed by atoms with Gasteiger partial charge in [0, 0.05) is 6.42 Å². The summed E-state index contributed by atoms with van der Waals surface area (Å²) in [7, 11) is 0. The van der Waals surface area contributed by atoms with E-state index < -0.39 is 36.2 Å². The van der Waals surface area contributed by atoms with E-state index in [-0.39, 0.29) is 19.6 Å². The molecule has 1 aromatic rings. The van der Waals surface area contributed by atoms with Crippen molar-refractivity contribution in [3.05, 3.63) is 35.9 Å². The van der Waals surface area contributed by atoms with Gasteiger partial charge in [-0.3, -0.25) is 15.4 Å². The molecular weight excluding hydrogens is 426 g/mol. The fourth-order valence-corrected chi connectivity index (χ4v) is 2.85. The second-order valence-electron chi connectivity index (χ2n) is 5.85. The third-order valence-electron chi connectivity index (χ3n) is 3.78. The topological polar surface area (TPSA) is 152 Å². The molecule has 1 unspecified atom stereocenters. The van der Waals surface area contributed by atoms with Gasteiger partial charge in [-0.2, -0.15) is 0 Å². The summed E-state index contributed by atoms with van der Waals surface area (Å²) in [5.41, 5.74) is 3.96. The predicted octanol–water partition coefficient (Wildman–Crippen LogP) is 1.34. The zero-order valence-electron chi connectivity index (χ0n) is 14.1. The molecule has 0 aliphatic carbocycles. The number of carboxylic acids is 2. The second-order valence-corrected chi connectivity index (χ2v) is 6.77. The lowest BCUT2D eigenvalue weighted by molar-refractivity contribution is -0.158. The summed E-state index contributed by atoms with van der Waals surface area (Å²) in [5.74, 6) is -3.16. The highest BCUT2D eigenvalue weighted by Crippen LogP contribution is 2.22. The molecule has 1 aliphatic rings. The van der Waals surface area contributed by atoms with E-state index in [1.54, 1.807) is 30.3 Å². The van der Waals surface area contributed by atoms with Crippen LogP contribution in [0.3, 0.4) is 0 Å². The molecule has 11 heteroatoms. The summed E-state index contributed by atoms with van der Waals surface area (Å²) in [4.78, 5) is 41.1. The number of oxime groups is 1. The van der Waals surface area contributed by atoms with Gasteiger partial charge in [-0.25, -0.2) is 9.59 Å². The molecule has 1 aromatic carbocycles. The molecule has 2 rings (SSSR count). The zero-order valence-corrected chi connectivity index (χ0v) is 15.7. The van der Waals surface area contributed by atoms with E-state index in [0.717, 1.165) is 0 Å². The minimum Gasteiger partial charge on any atom is -0.481 e. The fraction of sp³-hybridized carbons (Fsp3) is 0.375. The van der Waals surface area contributed by atoms with Crippen LogP contribution in [0.25, 0.3) is 0 Å². The number of ether oxygens (including phenoxy) is 1. The van der Waals surface area contributed by atoms with Crippen molar-refractivity contribution in [1.29, 1.82) is 0 Å². The lowest BCUT2D eigenvalue weighted by Gasteiger charge is -2.36. The van der Waals surface area contributed by atoms with Gasteiger partial charge in [0.1, 0.15) is 11.2 Å². The first-order chi connectivity index (χ1) is 12.7. The van der Waals surface area contributed by atoms with E-state index in [2.05, 4.69) is 21.1 Å². The lowest BCUT2D eigenvalue weighted by Crippen LogP contribution is -2.65. The number of carbonyl (C=O) groups is 3. The number of halogens is 1. The maximum absolute atomic E-state index is 12.6. The zero-order chi connectivity index (χ0) is 20.0. The van der Waals surface area contributed by atoms with Gasteiger partial charge < -0.3 is 19.8 Å². The smallest absolute Gasteiger partial charge is 0.412 e. The maximum atomic E-state index is 12.6. The van der Waals surface area contributed by atoms with Gasteiger partial charge in [-0.15, -0.1) is 0 Å². The largest absolute Gasteiger partial charge is 0.481 e. The van der Waals surface area contributed by atoms with Crippen molar-refractivity contribution in [2.24, 2.45) is 10.9 Å². The Kier molecular flexibility index (Phi) is 6.75. The van der Waals surface area contributed by atoms with Crippen LogP contribution in [0.1, 0.15) is 18.4 Å². The molecule has 0 bridgehead atoms. The van der Waals surface area contributed by atoms with Crippen LogP contribution in [-0.4, -0.2) is 56.1 Å². The van der Waals surface area contributed by atoms with E-state index in [4.69, 9.17) is 20.4 Å². The fourth-order valence-electron chi connectivity index (χ4n) is 2.41. The van der Waals surface area contributed by atoms with Crippen LogP contribution in [0.15, 0.2) is 35.5 Å². The highest BCUT2D eigenvalue weighted by atomic mass is 79.9. The molecule has 10 nitrogen and oxygen atoms in total. The van der Waals surface area contributed by atoms with E-state index in [1.807, 2.05) is 0 Å². The minimum absolute atomic E-state index is 0.134.